The van der Waals surface area contributed by atoms with Crippen LogP contribution in [0.2, 0.25) is 5.02 Å². The van der Waals surface area contributed by atoms with Gasteiger partial charge in [0, 0.05) is 39.9 Å². The molecule has 0 fully saturated rings. The Labute approximate surface area is 188 Å². The number of thioether (sulfide) groups is 1. The summed E-state index contributed by atoms with van der Waals surface area (Å²) < 4.78 is 2.00. The van der Waals surface area contributed by atoms with E-state index in [-0.39, 0.29) is 12.3 Å². The molecule has 0 radical (unpaired) electrons. The summed E-state index contributed by atoms with van der Waals surface area (Å²) in [6.45, 7) is 1.97. The van der Waals surface area contributed by atoms with Crippen LogP contribution in [0.25, 0.3) is 5.69 Å². The Balaban J connectivity index is 1.36. The molecule has 1 N–H and O–H groups in total. The summed E-state index contributed by atoms with van der Waals surface area (Å²) in [5.41, 5.74) is 3.78. The fourth-order valence-corrected chi connectivity index (χ4v) is 4.85. The van der Waals surface area contributed by atoms with E-state index in [0.717, 1.165) is 32.8 Å². The van der Waals surface area contributed by atoms with Gasteiger partial charge in [0.2, 0.25) is 5.91 Å². The number of aryl methyl sites for hydroxylation is 1. The van der Waals surface area contributed by atoms with Crippen molar-refractivity contribution in [2.45, 2.75) is 24.3 Å². The molecule has 0 atom stereocenters. The molecule has 0 unspecified atom stereocenters. The number of para-hydroxylation sites is 1. The molecule has 4 rings (SSSR count). The smallest absolute Gasteiger partial charge is 0.231 e. The first kappa shape index (κ1) is 20.7. The molecule has 8 heteroatoms. The predicted octanol–water partition coefficient (Wildman–Crippen LogP) is 5.76. The van der Waals surface area contributed by atoms with Crippen LogP contribution in [0.15, 0.2) is 71.5 Å². The molecule has 0 saturated carbocycles. The molecule has 1 amide bonds. The number of thiazole rings is 1. The summed E-state index contributed by atoms with van der Waals surface area (Å²) in [6, 6.07) is 15.4. The third-order valence-electron chi connectivity index (χ3n) is 4.37. The number of hydrogen-bond acceptors (Lipinski definition) is 5. The van der Waals surface area contributed by atoms with Crippen molar-refractivity contribution in [1.29, 1.82) is 0 Å². The van der Waals surface area contributed by atoms with Crippen molar-refractivity contribution in [3.8, 4) is 5.69 Å². The SMILES string of the molecule is Cc1ccccc1NC(=O)Cc1nc(CSc2nccn2-c2cccc(Cl)c2)cs1. The summed E-state index contributed by atoms with van der Waals surface area (Å²) in [5, 5.41) is 7.30. The van der Waals surface area contributed by atoms with Gasteiger partial charge in [-0.15, -0.1) is 11.3 Å². The highest BCUT2D eigenvalue weighted by Gasteiger charge is 2.11. The summed E-state index contributed by atoms with van der Waals surface area (Å²) >= 11 is 9.21. The van der Waals surface area contributed by atoms with Gasteiger partial charge in [-0.3, -0.25) is 9.36 Å². The lowest BCUT2D eigenvalue weighted by Gasteiger charge is -2.07. The van der Waals surface area contributed by atoms with Crippen LogP contribution < -0.4 is 5.32 Å². The lowest BCUT2D eigenvalue weighted by atomic mass is 10.2. The van der Waals surface area contributed by atoms with E-state index in [2.05, 4.69) is 15.3 Å². The van der Waals surface area contributed by atoms with Crippen LogP contribution in [0.1, 0.15) is 16.3 Å². The quantitative estimate of drug-likeness (QED) is 0.360. The van der Waals surface area contributed by atoms with E-state index in [9.17, 15) is 4.79 Å². The maximum Gasteiger partial charge on any atom is 0.231 e. The average molecular weight is 455 g/mol. The Morgan fingerprint density at radius 3 is 2.93 bits per heavy atom. The number of halogens is 1. The second-order valence-corrected chi connectivity index (χ2v) is 8.94. The van der Waals surface area contributed by atoms with E-state index in [1.165, 1.54) is 11.3 Å². The maximum atomic E-state index is 12.3. The molecule has 0 aliphatic rings. The second-order valence-electron chi connectivity index (χ2n) is 6.62. The summed E-state index contributed by atoms with van der Waals surface area (Å²) in [5.74, 6) is 0.613. The predicted molar refractivity (Wildman–Crippen MR) is 124 cm³/mol. The molecule has 0 aliphatic carbocycles. The van der Waals surface area contributed by atoms with Gasteiger partial charge in [0.25, 0.3) is 0 Å². The Kier molecular flexibility index (Phi) is 6.52. The van der Waals surface area contributed by atoms with E-state index in [0.29, 0.717) is 10.8 Å². The number of anilines is 1. The molecule has 2 aromatic heterocycles. The van der Waals surface area contributed by atoms with Crippen LogP contribution in [0.4, 0.5) is 5.69 Å². The van der Waals surface area contributed by atoms with E-state index in [4.69, 9.17) is 11.6 Å². The molecule has 152 valence electrons. The molecule has 2 heterocycles. The molecule has 0 saturated heterocycles. The number of carbonyl (C=O) groups excluding carboxylic acids is 1. The first-order valence-corrected chi connectivity index (χ1v) is 11.5. The molecule has 0 aliphatic heterocycles. The number of imidazole rings is 1. The normalized spacial score (nSPS) is 10.9. The van der Waals surface area contributed by atoms with Gasteiger partial charge in [-0.25, -0.2) is 9.97 Å². The van der Waals surface area contributed by atoms with Gasteiger partial charge in [0.05, 0.1) is 12.1 Å². The highest BCUT2D eigenvalue weighted by Crippen LogP contribution is 2.26. The monoisotopic (exact) mass is 454 g/mol. The summed E-state index contributed by atoms with van der Waals surface area (Å²) in [4.78, 5) is 21.4. The Bertz CT molecular complexity index is 1170. The largest absolute Gasteiger partial charge is 0.325 e. The van der Waals surface area contributed by atoms with Crippen LogP contribution in [0, 0.1) is 6.92 Å². The van der Waals surface area contributed by atoms with Crippen molar-refractivity contribution in [3.63, 3.8) is 0 Å². The first-order valence-electron chi connectivity index (χ1n) is 9.29. The van der Waals surface area contributed by atoms with Crippen molar-refractivity contribution >= 4 is 46.3 Å². The Morgan fingerprint density at radius 1 is 1.23 bits per heavy atom. The third kappa shape index (κ3) is 5.11. The van der Waals surface area contributed by atoms with Gasteiger partial charge in [0.1, 0.15) is 5.01 Å². The van der Waals surface area contributed by atoms with E-state index in [1.807, 2.05) is 71.6 Å². The zero-order valence-electron chi connectivity index (χ0n) is 16.2. The van der Waals surface area contributed by atoms with E-state index in [1.54, 1.807) is 18.0 Å². The maximum absolute atomic E-state index is 12.3. The molecular weight excluding hydrogens is 436 g/mol. The minimum absolute atomic E-state index is 0.0608. The number of carbonyl (C=O) groups is 1. The Morgan fingerprint density at radius 2 is 2.10 bits per heavy atom. The number of hydrogen-bond donors (Lipinski definition) is 1. The van der Waals surface area contributed by atoms with Crippen LogP contribution in [0.5, 0.6) is 0 Å². The number of benzene rings is 2. The lowest BCUT2D eigenvalue weighted by molar-refractivity contribution is -0.115. The summed E-state index contributed by atoms with van der Waals surface area (Å²) in [7, 11) is 0. The highest BCUT2D eigenvalue weighted by molar-refractivity contribution is 7.98. The zero-order chi connectivity index (χ0) is 20.9. The van der Waals surface area contributed by atoms with Gasteiger partial charge in [0.15, 0.2) is 5.16 Å². The van der Waals surface area contributed by atoms with Gasteiger partial charge >= 0.3 is 0 Å². The van der Waals surface area contributed by atoms with Gasteiger partial charge < -0.3 is 5.32 Å². The zero-order valence-corrected chi connectivity index (χ0v) is 18.6. The number of nitrogens with one attached hydrogen (secondary N) is 1. The standard InChI is InChI=1S/C22H19ClN4OS2/c1-15-5-2-3-8-19(15)26-20(28)12-21-25-17(13-29-21)14-30-22-24-9-10-27(22)18-7-4-6-16(23)11-18/h2-11,13H,12,14H2,1H3,(H,26,28). The molecule has 2 aromatic carbocycles. The Hall–Kier alpha value is -2.61. The van der Waals surface area contributed by atoms with Crippen LogP contribution >= 0.6 is 34.7 Å². The average Bonchev–Trinajstić information content (AvgIpc) is 3.37. The van der Waals surface area contributed by atoms with Crippen LogP contribution in [0.3, 0.4) is 0 Å². The second kappa shape index (κ2) is 9.47. The van der Waals surface area contributed by atoms with Gasteiger partial charge in [-0.2, -0.15) is 0 Å². The van der Waals surface area contributed by atoms with Crippen molar-refractivity contribution in [2.75, 3.05) is 5.32 Å². The summed E-state index contributed by atoms with van der Waals surface area (Å²) in [6.07, 6.45) is 3.95. The minimum atomic E-state index is -0.0608. The molecule has 0 bridgehead atoms. The molecular formula is C22H19ClN4OS2. The minimum Gasteiger partial charge on any atom is -0.325 e. The van der Waals surface area contributed by atoms with Gasteiger partial charge in [-0.1, -0.05) is 47.6 Å². The topological polar surface area (TPSA) is 59.8 Å². The highest BCUT2D eigenvalue weighted by atomic mass is 35.5. The molecule has 4 aromatic rings. The van der Waals surface area contributed by atoms with Crippen molar-refractivity contribution in [3.05, 3.63) is 87.6 Å². The van der Waals surface area contributed by atoms with Crippen LogP contribution in [-0.4, -0.2) is 20.4 Å². The fraction of sp³-hybridized carbons (Fsp3) is 0.136. The number of amides is 1. The number of rotatable bonds is 7. The molecule has 30 heavy (non-hydrogen) atoms. The van der Waals surface area contributed by atoms with Crippen LogP contribution in [-0.2, 0) is 17.0 Å². The fourth-order valence-electron chi connectivity index (χ4n) is 2.90. The van der Waals surface area contributed by atoms with E-state index >= 15 is 0 Å². The third-order valence-corrected chi connectivity index (χ3v) is 6.51. The van der Waals surface area contributed by atoms with E-state index < -0.39 is 0 Å². The number of nitrogens with zero attached hydrogens (tertiary/aromatic N) is 3. The van der Waals surface area contributed by atoms with Gasteiger partial charge in [-0.05, 0) is 36.8 Å². The number of aromatic nitrogens is 3. The molecule has 5 nitrogen and oxygen atoms in total. The van der Waals surface area contributed by atoms with Crippen molar-refractivity contribution in [2.24, 2.45) is 0 Å². The van der Waals surface area contributed by atoms with Crippen molar-refractivity contribution in [1.82, 2.24) is 14.5 Å². The first-order chi connectivity index (χ1) is 14.6. The lowest BCUT2D eigenvalue weighted by Crippen LogP contribution is -2.15. The molecule has 0 spiro atoms. The van der Waals surface area contributed by atoms with Crippen molar-refractivity contribution < 1.29 is 4.79 Å².